The number of nitrogens with two attached hydrogens (primary N) is 1. The van der Waals surface area contributed by atoms with E-state index in [1.165, 1.54) is 0 Å². The number of amides is 1. The molecule has 0 saturated heterocycles. The van der Waals surface area contributed by atoms with Gasteiger partial charge in [0.25, 0.3) is 5.91 Å². The first-order valence-corrected chi connectivity index (χ1v) is 5.70. The molecule has 1 unspecified atom stereocenters. The number of hydrogen-bond donors (Lipinski definition) is 2. The molecule has 16 heavy (non-hydrogen) atoms. The third-order valence-corrected chi connectivity index (χ3v) is 3.26. The van der Waals surface area contributed by atoms with Gasteiger partial charge in [-0.05, 0) is 28.9 Å². The Kier molecular flexibility index (Phi) is 2.98. The van der Waals surface area contributed by atoms with E-state index in [4.69, 9.17) is 5.84 Å². The van der Waals surface area contributed by atoms with Gasteiger partial charge in [-0.3, -0.25) is 10.2 Å². The minimum atomic E-state index is -0.332. The van der Waals surface area contributed by atoms with Gasteiger partial charge in [-0.15, -0.1) is 0 Å². The second-order valence-electron chi connectivity index (χ2n) is 3.59. The highest BCUT2D eigenvalue weighted by atomic mass is 79.9. The summed E-state index contributed by atoms with van der Waals surface area (Å²) in [5.74, 6) is 4.92. The fraction of sp³-hybridized carbons (Fsp3) is 0.182. The van der Waals surface area contributed by atoms with Crippen molar-refractivity contribution in [2.45, 2.75) is 13.0 Å². The third kappa shape index (κ3) is 1.72. The maximum atomic E-state index is 11.5. The van der Waals surface area contributed by atoms with E-state index in [0.29, 0.717) is 0 Å². The van der Waals surface area contributed by atoms with E-state index < -0.39 is 0 Å². The fourth-order valence-corrected chi connectivity index (χ4v) is 2.29. The lowest BCUT2D eigenvalue weighted by Crippen LogP contribution is -2.35. The SMILES string of the molecule is CC(C(=O)NN)n1cc(Br)c2ccccc21. The largest absolute Gasteiger partial charge is 0.334 e. The van der Waals surface area contributed by atoms with Crippen molar-refractivity contribution in [2.24, 2.45) is 5.84 Å². The Labute approximate surface area is 102 Å². The van der Waals surface area contributed by atoms with Crippen LogP contribution in [0.4, 0.5) is 0 Å². The average molecular weight is 282 g/mol. The summed E-state index contributed by atoms with van der Waals surface area (Å²) < 4.78 is 2.86. The van der Waals surface area contributed by atoms with Crippen molar-refractivity contribution < 1.29 is 4.79 Å². The molecule has 1 aromatic heterocycles. The molecule has 0 aliphatic carbocycles. The van der Waals surface area contributed by atoms with Gasteiger partial charge < -0.3 is 4.57 Å². The zero-order chi connectivity index (χ0) is 11.7. The first-order chi connectivity index (χ1) is 7.65. The zero-order valence-electron chi connectivity index (χ0n) is 8.77. The van der Waals surface area contributed by atoms with E-state index in [9.17, 15) is 4.79 Å². The zero-order valence-corrected chi connectivity index (χ0v) is 10.4. The van der Waals surface area contributed by atoms with Gasteiger partial charge in [-0.2, -0.15) is 0 Å². The molecule has 5 heteroatoms. The highest BCUT2D eigenvalue weighted by Gasteiger charge is 2.16. The molecule has 3 N–H and O–H groups in total. The average Bonchev–Trinajstić information content (AvgIpc) is 2.65. The van der Waals surface area contributed by atoms with E-state index in [-0.39, 0.29) is 11.9 Å². The summed E-state index contributed by atoms with van der Waals surface area (Å²) in [6, 6.07) is 7.55. The Bertz CT molecular complexity index is 535. The standard InChI is InChI=1S/C11H12BrN3O/c1-7(11(16)14-13)15-6-9(12)8-4-2-3-5-10(8)15/h2-7H,13H2,1H3,(H,14,16). The molecule has 1 atom stereocenters. The third-order valence-electron chi connectivity index (χ3n) is 2.63. The molecule has 0 saturated carbocycles. The summed E-state index contributed by atoms with van der Waals surface area (Å²) >= 11 is 3.47. The molecule has 1 heterocycles. The van der Waals surface area contributed by atoms with Gasteiger partial charge in [0.15, 0.2) is 0 Å². The molecule has 0 aliphatic heterocycles. The highest BCUT2D eigenvalue weighted by Crippen LogP contribution is 2.28. The number of hydrazine groups is 1. The van der Waals surface area contributed by atoms with Gasteiger partial charge >= 0.3 is 0 Å². The van der Waals surface area contributed by atoms with Gasteiger partial charge in [0, 0.05) is 21.6 Å². The van der Waals surface area contributed by atoms with E-state index in [1.807, 2.05) is 35.0 Å². The number of carbonyl (C=O) groups excluding carboxylic acids is 1. The molecular weight excluding hydrogens is 270 g/mol. The number of nitrogens with zero attached hydrogens (tertiary/aromatic N) is 1. The molecule has 2 aromatic rings. The van der Waals surface area contributed by atoms with Crippen molar-refractivity contribution in [3.8, 4) is 0 Å². The molecule has 4 nitrogen and oxygen atoms in total. The van der Waals surface area contributed by atoms with Crippen LogP contribution in [0.3, 0.4) is 0 Å². The number of aromatic nitrogens is 1. The summed E-state index contributed by atoms with van der Waals surface area (Å²) in [7, 11) is 0. The monoisotopic (exact) mass is 281 g/mol. The number of rotatable bonds is 2. The first kappa shape index (κ1) is 11.2. The number of fused-ring (bicyclic) bond motifs is 1. The Morgan fingerprint density at radius 3 is 2.88 bits per heavy atom. The molecule has 0 fully saturated rings. The van der Waals surface area contributed by atoms with E-state index >= 15 is 0 Å². The van der Waals surface area contributed by atoms with E-state index in [0.717, 1.165) is 15.4 Å². The van der Waals surface area contributed by atoms with Crippen LogP contribution in [0.25, 0.3) is 10.9 Å². The van der Waals surface area contributed by atoms with E-state index in [1.54, 1.807) is 6.92 Å². The molecule has 0 bridgehead atoms. The molecule has 1 aromatic carbocycles. The lowest BCUT2D eigenvalue weighted by molar-refractivity contribution is -0.123. The molecule has 0 spiro atoms. The summed E-state index contributed by atoms with van der Waals surface area (Å²) in [5, 5.41) is 1.08. The normalized spacial score (nSPS) is 12.7. The summed E-state index contributed by atoms with van der Waals surface area (Å²) in [6.07, 6.45) is 1.89. The minimum Gasteiger partial charge on any atom is -0.334 e. The summed E-state index contributed by atoms with van der Waals surface area (Å²) in [5.41, 5.74) is 3.17. The number of halogens is 1. The molecule has 0 radical (unpaired) electrons. The fourth-order valence-electron chi connectivity index (χ4n) is 1.73. The first-order valence-electron chi connectivity index (χ1n) is 4.90. The van der Waals surface area contributed by atoms with Crippen molar-refractivity contribution in [1.29, 1.82) is 0 Å². The number of benzene rings is 1. The van der Waals surface area contributed by atoms with Crippen LogP contribution in [0.5, 0.6) is 0 Å². The summed E-state index contributed by atoms with van der Waals surface area (Å²) in [6.45, 7) is 1.81. The van der Waals surface area contributed by atoms with Crippen molar-refractivity contribution in [2.75, 3.05) is 0 Å². The molecular formula is C11H12BrN3O. The number of carbonyl (C=O) groups is 1. The van der Waals surface area contributed by atoms with Crippen molar-refractivity contribution in [3.63, 3.8) is 0 Å². The number of nitrogens with one attached hydrogen (secondary N) is 1. The van der Waals surface area contributed by atoms with Crippen molar-refractivity contribution in [3.05, 3.63) is 34.9 Å². The molecule has 0 aliphatic rings. The van der Waals surface area contributed by atoms with Crippen LogP contribution >= 0.6 is 15.9 Å². The minimum absolute atomic E-state index is 0.215. The maximum absolute atomic E-state index is 11.5. The molecule has 1 amide bonds. The smallest absolute Gasteiger partial charge is 0.256 e. The maximum Gasteiger partial charge on any atom is 0.256 e. The van der Waals surface area contributed by atoms with Crippen LogP contribution in [0.1, 0.15) is 13.0 Å². The Hall–Kier alpha value is -1.33. The molecule has 84 valence electrons. The Morgan fingerprint density at radius 1 is 1.50 bits per heavy atom. The van der Waals surface area contributed by atoms with Crippen LogP contribution in [0.15, 0.2) is 34.9 Å². The Balaban J connectivity index is 2.57. The van der Waals surface area contributed by atoms with Gasteiger partial charge in [0.2, 0.25) is 0 Å². The van der Waals surface area contributed by atoms with E-state index in [2.05, 4.69) is 21.4 Å². The van der Waals surface area contributed by atoms with Crippen LogP contribution in [0, 0.1) is 0 Å². The van der Waals surface area contributed by atoms with Crippen LogP contribution in [-0.4, -0.2) is 10.5 Å². The number of hydrogen-bond acceptors (Lipinski definition) is 2. The quantitative estimate of drug-likeness (QED) is 0.502. The van der Waals surface area contributed by atoms with Gasteiger partial charge in [-0.25, -0.2) is 5.84 Å². The van der Waals surface area contributed by atoms with Crippen LogP contribution < -0.4 is 11.3 Å². The van der Waals surface area contributed by atoms with Crippen molar-refractivity contribution >= 4 is 32.7 Å². The topological polar surface area (TPSA) is 60.1 Å². The van der Waals surface area contributed by atoms with Gasteiger partial charge in [0.1, 0.15) is 6.04 Å². The Morgan fingerprint density at radius 2 is 2.19 bits per heavy atom. The number of para-hydroxylation sites is 1. The molecule has 2 rings (SSSR count). The highest BCUT2D eigenvalue weighted by molar-refractivity contribution is 9.10. The van der Waals surface area contributed by atoms with Gasteiger partial charge in [-0.1, -0.05) is 18.2 Å². The van der Waals surface area contributed by atoms with Crippen LogP contribution in [-0.2, 0) is 4.79 Å². The lowest BCUT2D eigenvalue weighted by Gasteiger charge is -2.12. The predicted octanol–water partition coefficient (Wildman–Crippen LogP) is 1.95. The second-order valence-corrected chi connectivity index (χ2v) is 4.44. The second kappa shape index (κ2) is 4.27. The van der Waals surface area contributed by atoms with Crippen molar-refractivity contribution in [1.82, 2.24) is 9.99 Å². The lowest BCUT2D eigenvalue weighted by atomic mass is 10.2. The van der Waals surface area contributed by atoms with Crippen LogP contribution in [0.2, 0.25) is 0 Å². The summed E-state index contributed by atoms with van der Waals surface area (Å²) in [4.78, 5) is 11.5. The predicted molar refractivity (Wildman–Crippen MR) is 66.7 cm³/mol. The van der Waals surface area contributed by atoms with Gasteiger partial charge in [0.05, 0.1) is 0 Å².